The number of hydrogen-bond donors (Lipinski definition) is 1. The molecule has 0 heterocycles. The molecule has 0 aliphatic carbocycles. The summed E-state index contributed by atoms with van der Waals surface area (Å²) in [5.74, 6) is 1.19. The first-order valence-electron chi connectivity index (χ1n) is 8.65. The van der Waals surface area contributed by atoms with E-state index in [1.165, 1.54) is 4.90 Å². The van der Waals surface area contributed by atoms with Gasteiger partial charge >= 0.3 is 0 Å². The number of thioether (sulfide) groups is 1. The van der Waals surface area contributed by atoms with Crippen LogP contribution in [0.5, 0.6) is 11.5 Å². The topological polar surface area (TPSA) is 58.6 Å². The van der Waals surface area contributed by atoms with Gasteiger partial charge in [0.05, 0.1) is 0 Å². The van der Waals surface area contributed by atoms with Crippen LogP contribution in [0.15, 0.2) is 83.8 Å². The summed E-state index contributed by atoms with van der Waals surface area (Å²) in [6, 6.07) is 23.6. The molecule has 1 N–H and O–H groups in total. The summed E-state index contributed by atoms with van der Waals surface area (Å²) < 4.78 is 5.73. The number of nitrogens with one attached hydrogen (secondary N) is 1. The summed E-state index contributed by atoms with van der Waals surface area (Å²) in [5, 5.41) is 2.80. The summed E-state index contributed by atoms with van der Waals surface area (Å²) in [4.78, 5) is 26.5. The normalized spacial score (nSPS) is 10.2. The minimum atomic E-state index is -0.212. The molecule has 3 rings (SSSR count). The van der Waals surface area contributed by atoms with Crippen LogP contribution in [-0.4, -0.2) is 30.1 Å². The third-order valence-electron chi connectivity index (χ3n) is 3.78. The van der Waals surface area contributed by atoms with E-state index in [9.17, 15) is 9.59 Å². The Kier molecular flexibility index (Phi) is 6.34. The van der Waals surface area contributed by atoms with E-state index in [-0.39, 0.29) is 11.1 Å². The zero-order valence-corrected chi connectivity index (χ0v) is 16.4. The van der Waals surface area contributed by atoms with E-state index in [1.807, 2.05) is 30.3 Å². The summed E-state index contributed by atoms with van der Waals surface area (Å²) in [7, 11) is 3.42. The molecule has 6 heteroatoms. The molecule has 0 saturated heterocycles. The maximum absolute atomic E-state index is 12.4. The van der Waals surface area contributed by atoms with Crippen molar-refractivity contribution >= 4 is 28.6 Å². The van der Waals surface area contributed by atoms with Gasteiger partial charge in [0.25, 0.3) is 11.1 Å². The Labute approximate surface area is 168 Å². The molecule has 0 fully saturated rings. The van der Waals surface area contributed by atoms with Gasteiger partial charge in [-0.15, -0.1) is 0 Å². The number of anilines is 1. The smallest absolute Gasteiger partial charge is 0.285 e. The molecule has 142 valence electrons. The quantitative estimate of drug-likeness (QED) is 0.582. The van der Waals surface area contributed by atoms with Crippen LogP contribution in [0.3, 0.4) is 0 Å². The highest BCUT2D eigenvalue weighted by Crippen LogP contribution is 2.24. The van der Waals surface area contributed by atoms with Crippen molar-refractivity contribution in [3.05, 3.63) is 84.4 Å². The summed E-state index contributed by atoms with van der Waals surface area (Å²) in [6.07, 6.45) is 0. The highest BCUT2D eigenvalue weighted by atomic mass is 32.2. The Balaban J connectivity index is 1.59. The molecule has 0 atom stereocenters. The molecule has 0 bridgehead atoms. The van der Waals surface area contributed by atoms with E-state index in [0.717, 1.165) is 22.4 Å². The second-order valence-electron chi connectivity index (χ2n) is 6.18. The first-order valence-corrected chi connectivity index (χ1v) is 9.46. The Morgan fingerprint density at radius 2 is 1.43 bits per heavy atom. The average Bonchev–Trinajstić information content (AvgIpc) is 2.70. The van der Waals surface area contributed by atoms with Gasteiger partial charge in [0.1, 0.15) is 11.5 Å². The Hall–Kier alpha value is -3.25. The number of benzene rings is 3. The van der Waals surface area contributed by atoms with Crippen molar-refractivity contribution in [2.75, 3.05) is 19.4 Å². The van der Waals surface area contributed by atoms with Crippen LogP contribution in [0.2, 0.25) is 0 Å². The number of carbonyl (C=O) groups excluding carboxylic acids is 2. The molecule has 0 unspecified atom stereocenters. The molecule has 0 spiro atoms. The zero-order valence-electron chi connectivity index (χ0n) is 15.6. The van der Waals surface area contributed by atoms with Crippen LogP contribution in [0.25, 0.3) is 0 Å². The van der Waals surface area contributed by atoms with E-state index in [1.54, 1.807) is 62.6 Å². The molecule has 0 aliphatic rings. The fourth-order valence-electron chi connectivity index (χ4n) is 2.30. The number of para-hydroxylation sites is 1. The first kappa shape index (κ1) is 19.5. The predicted molar refractivity (Wildman–Crippen MR) is 112 cm³/mol. The molecular weight excluding hydrogens is 372 g/mol. The molecule has 0 aromatic heterocycles. The summed E-state index contributed by atoms with van der Waals surface area (Å²) in [6.45, 7) is 0. The van der Waals surface area contributed by atoms with Crippen molar-refractivity contribution in [3.8, 4) is 11.5 Å². The number of rotatable bonds is 5. The van der Waals surface area contributed by atoms with Crippen molar-refractivity contribution in [2.24, 2.45) is 0 Å². The number of hydrogen-bond acceptors (Lipinski definition) is 4. The lowest BCUT2D eigenvalue weighted by Gasteiger charge is -2.10. The van der Waals surface area contributed by atoms with Crippen molar-refractivity contribution < 1.29 is 14.3 Å². The van der Waals surface area contributed by atoms with Gasteiger partial charge in [0, 0.05) is 30.2 Å². The highest BCUT2D eigenvalue weighted by Gasteiger charge is 2.09. The molecule has 0 aliphatic heterocycles. The largest absolute Gasteiger partial charge is 0.457 e. The van der Waals surface area contributed by atoms with Gasteiger partial charge in [-0.2, -0.15) is 0 Å². The zero-order chi connectivity index (χ0) is 19.9. The third kappa shape index (κ3) is 5.37. The van der Waals surface area contributed by atoms with Crippen LogP contribution >= 0.6 is 11.8 Å². The minimum Gasteiger partial charge on any atom is -0.457 e. The van der Waals surface area contributed by atoms with Crippen molar-refractivity contribution in [1.82, 2.24) is 4.90 Å². The van der Waals surface area contributed by atoms with E-state index in [4.69, 9.17) is 4.74 Å². The van der Waals surface area contributed by atoms with Gasteiger partial charge in [0.15, 0.2) is 0 Å². The molecule has 0 radical (unpaired) electrons. The number of nitrogens with zero attached hydrogens (tertiary/aromatic N) is 1. The molecule has 3 aromatic carbocycles. The lowest BCUT2D eigenvalue weighted by molar-refractivity contribution is 0.102. The lowest BCUT2D eigenvalue weighted by atomic mass is 10.2. The number of ether oxygens (including phenoxy) is 1. The van der Waals surface area contributed by atoms with Crippen LogP contribution in [0.1, 0.15) is 10.4 Å². The summed E-state index contributed by atoms with van der Waals surface area (Å²) in [5.41, 5.74) is 1.19. The molecule has 0 saturated carbocycles. The Bertz CT molecular complexity index is 940. The molecule has 2 amide bonds. The standard InChI is InChI=1S/C22H20N2O3S/c1-24(2)22(26)28-20-14-10-17(11-15-20)23-21(25)16-8-12-19(13-9-16)27-18-6-4-3-5-7-18/h3-15H,1-2H3,(H,23,25). The van der Waals surface area contributed by atoms with Crippen molar-refractivity contribution in [2.45, 2.75) is 4.90 Å². The minimum absolute atomic E-state index is 0.0467. The third-order valence-corrected chi connectivity index (χ3v) is 4.83. The Morgan fingerprint density at radius 1 is 0.821 bits per heavy atom. The fraction of sp³-hybridized carbons (Fsp3) is 0.0909. The maximum atomic E-state index is 12.4. The molecule has 5 nitrogen and oxygen atoms in total. The van der Waals surface area contributed by atoms with E-state index in [2.05, 4.69) is 5.32 Å². The monoisotopic (exact) mass is 392 g/mol. The fourth-order valence-corrected chi connectivity index (χ4v) is 2.96. The lowest BCUT2D eigenvalue weighted by Crippen LogP contribution is -2.16. The van der Waals surface area contributed by atoms with Crippen LogP contribution in [-0.2, 0) is 0 Å². The van der Waals surface area contributed by atoms with E-state index in [0.29, 0.717) is 17.0 Å². The van der Waals surface area contributed by atoms with Gasteiger partial charge in [-0.25, -0.2) is 0 Å². The number of amides is 2. The van der Waals surface area contributed by atoms with Crippen LogP contribution in [0, 0.1) is 0 Å². The van der Waals surface area contributed by atoms with E-state index < -0.39 is 0 Å². The van der Waals surface area contributed by atoms with Gasteiger partial charge in [-0.3, -0.25) is 9.59 Å². The van der Waals surface area contributed by atoms with Crippen molar-refractivity contribution in [3.63, 3.8) is 0 Å². The van der Waals surface area contributed by atoms with Gasteiger partial charge in [-0.05, 0) is 72.4 Å². The van der Waals surface area contributed by atoms with Crippen LogP contribution < -0.4 is 10.1 Å². The average molecular weight is 392 g/mol. The number of carbonyl (C=O) groups is 2. The highest BCUT2D eigenvalue weighted by molar-refractivity contribution is 8.13. The molecule has 3 aromatic rings. The SMILES string of the molecule is CN(C)C(=O)Sc1ccc(NC(=O)c2ccc(Oc3ccccc3)cc2)cc1. The molecular formula is C22H20N2O3S. The Morgan fingerprint density at radius 3 is 2.04 bits per heavy atom. The second kappa shape index (κ2) is 9.10. The second-order valence-corrected chi connectivity index (χ2v) is 7.21. The first-order chi connectivity index (χ1) is 13.5. The van der Waals surface area contributed by atoms with Gasteiger partial charge in [0.2, 0.25) is 0 Å². The van der Waals surface area contributed by atoms with Gasteiger partial charge < -0.3 is 15.0 Å². The van der Waals surface area contributed by atoms with E-state index >= 15 is 0 Å². The van der Waals surface area contributed by atoms with Crippen molar-refractivity contribution in [1.29, 1.82) is 0 Å². The molecule has 28 heavy (non-hydrogen) atoms. The maximum Gasteiger partial charge on any atom is 0.285 e. The predicted octanol–water partition coefficient (Wildman–Crippen LogP) is 5.50. The summed E-state index contributed by atoms with van der Waals surface area (Å²) >= 11 is 1.14. The van der Waals surface area contributed by atoms with Crippen LogP contribution in [0.4, 0.5) is 10.5 Å². The van der Waals surface area contributed by atoms with Gasteiger partial charge in [-0.1, -0.05) is 18.2 Å².